The summed E-state index contributed by atoms with van der Waals surface area (Å²) in [5.41, 5.74) is 7.96. The lowest BCUT2D eigenvalue weighted by molar-refractivity contribution is 0.0532. The molecule has 0 aromatic carbocycles. The van der Waals surface area contributed by atoms with Crippen molar-refractivity contribution in [2.75, 3.05) is 6.61 Å². The van der Waals surface area contributed by atoms with Crippen molar-refractivity contribution in [2.24, 2.45) is 5.73 Å². The number of hydrogen-bond donors (Lipinski definition) is 1. The van der Waals surface area contributed by atoms with E-state index in [-0.39, 0.29) is 6.10 Å². The topological polar surface area (TPSA) is 61.0 Å². The molecule has 0 amide bonds. The van der Waals surface area contributed by atoms with E-state index in [1.54, 1.807) is 0 Å². The van der Waals surface area contributed by atoms with Gasteiger partial charge in [-0.05, 0) is 26.2 Å². The lowest BCUT2D eigenvalue weighted by Gasteiger charge is -2.15. The maximum Gasteiger partial charge on any atom is 0.157 e. The second-order valence-corrected chi connectivity index (χ2v) is 4.47. The van der Waals surface area contributed by atoms with Gasteiger partial charge in [0.2, 0.25) is 0 Å². The number of nitrogens with two attached hydrogens (primary N) is 1. The molecule has 1 heterocycles. The van der Waals surface area contributed by atoms with Crippen LogP contribution in [0, 0.1) is 0 Å². The lowest BCUT2D eigenvalue weighted by Crippen LogP contribution is -2.12. The van der Waals surface area contributed by atoms with Gasteiger partial charge in [0.25, 0.3) is 0 Å². The highest BCUT2D eigenvalue weighted by molar-refractivity contribution is 5.25. The van der Waals surface area contributed by atoms with Crippen LogP contribution in [0.25, 0.3) is 0 Å². The van der Waals surface area contributed by atoms with Gasteiger partial charge >= 0.3 is 0 Å². The summed E-state index contributed by atoms with van der Waals surface area (Å²) in [6, 6.07) is 0. The monoisotopic (exact) mass is 235 g/mol. The van der Waals surface area contributed by atoms with Crippen LogP contribution in [0.4, 0.5) is 0 Å². The molecule has 1 unspecified atom stereocenters. The number of rotatable bonds is 6. The summed E-state index contributed by atoms with van der Waals surface area (Å²) in [5.74, 6) is 1.42. The van der Waals surface area contributed by atoms with Crippen molar-refractivity contribution in [3.05, 3.63) is 23.3 Å². The van der Waals surface area contributed by atoms with Crippen LogP contribution in [0.2, 0.25) is 0 Å². The van der Waals surface area contributed by atoms with Crippen molar-refractivity contribution in [1.82, 2.24) is 9.97 Å². The first kappa shape index (κ1) is 12.5. The zero-order chi connectivity index (χ0) is 12.3. The fraction of sp³-hybridized carbons (Fsp3) is 0.692. The highest BCUT2D eigenvalue weighted by Gasteiger charge is 2.28. The van der Waals surface area contributed by atoms with Gasteiger partial charge in [0, 0.05) is 30.8 Å². The van der Waals surface area contributed by atoms with Crippen LogP contribution in [-0.4, -0.2) is 16.6 Å². The fourth-order valence-corrected chi connectivity index (χ4v) is 2.03. The summed E-state index contributed by atoms with van der Waals surface area (Å²) in [6.07, 6.45) is 5.26. The predicted octanol–water partition coefficient (Wildman–Crippen LogP) is 2.30. The third-order valence-electron chi connectivity index (χ3n) is 3.13. The van der Waals surface area contributed by atoms with E-state index in [0.717, 1.165) is 23.5 Å². The summed E-state index contributed by atoms with van der Waals surface area (Å²) in [7, 11) is 0. The quantitative estimate of drug-likeness (QED) is 0.822. The molecule has 94 valence electrons. The van der Waals surface area contributed by atoms with Gasteiger partial charge in [0.05, 0.1) is 5.69 Å². The summed E-state index contributed by atoms with van der Waals surface area (Å²) < 4.78 is 5.65. The Morgan fingerprint density at radius 3 is 2.76 bits per heavy atom. The fourth-order valence-electron chi connectivity index (χ4n) is 2.03. The van der Waals surface area contributed by atoms with Crippen LogP contribution in [0.1, 0.15) is 62.2 Å². The normalized spacial score (nSPS) is 17.1. The molecule has 1 aliphatic rings. The van der Waals surface area contributed by atoms with E-state index in [2.05, 4.69) is 16.9 Å². The van der Waals surface area contributed by atoms with Crippen molar-refractivity contribution >= 4 is 0 Å². The van der Waals surface area contributed by atoms with Gasteiger partial charge in [-0.3, -0.25) is 0 Å². The number of ether oxygens (including phenoxy) is 1. The Bertz CT molecular complexity index is 377. The standard InChI is InChI=1S/C13H21N3O/c1-3-11(17-4-2)13-15-8-10(7-14)12(16-13)9-5-6-9/h8-9,11H,3-7,14H2,1-2H3. The Hall–Kier alpha value is -1.00. The Morgan fingerprint density at radius 2 is 2.24 bits per heavy atom. The van der Waals surface area contributed by atoms with Crippen LogP contribution in [-0.2, 0) is 11.3 Å². The average Bonchev–Trinajstić information content (AvgIpc) is 3.19. The number of hydrogen-bond acceptors (Lipinski definition) is 4. The minimum absolute atomic E-state index is 0.0179. The molecule has 0 spiro atoms. The van der Waals surface area contributed by atoms with Crippen LogP contribution in [0.5, 0.6) is 0 Å². The van der Waals surface area contributed by atoms with E-state index >= 15 is 0 Å². The largest absolute Gasteiger partial charge is 0.371 e. The first-order valence-corrected chi connectivity index (χ1v) is 6.47. The van der Waals surface area contributed by atoms with Gasteiger partial charge in [-0.15, -0.1) is 0 Å². The van der Waals surface area contributed by atoms with Crippen LogP contribution in [0.3, 0.4) is 0 Å². The molecule has 4 nitrogen and oxygen atoms in total. The van der Waals surface area contributed by atoms with Gasteiger partial charge in [-0.1, -0.05) is 6.92 Å². The maximum absolute atomic E-state index is 5.72. The van der Waals surface area contributed by atoms with Crippen molar-refractivity contribution in [1.29, 1.82) is 0 Å². The third-order valence-corrected chi connectivity index (χ3v) is 3.13. The van der Waals surface area contributed by atoms with Crippen molar-refractivity contribution < 1.29 is 4.74 Å². The molecule has 0 aliphatic heterocycles. The molecule has 2 N–H and O–H groups in total. The Kier molecular flexibility index (Phi) is 4.07. The van der Waals surface area contributed by atoms with Crippen molar-refractivity contribution in [3.8, 4) is 0 Å². The van der Waals surface area contributed by atoms with Gasteiger partial charge in [0.1, 0.15) is 6.10 Å². The van der Waals surface area contributed by atoms with Crippen LogP contribution >= 0.6 is 0 Å². The van der Waals surface area contributed by atoms with E-state index in [1.807, 2.05) is 13.1 Å². The van der Waals surface area contributed by atoms with Gasteiger partial charge in [-0.25, -0.2) is 9.97 Å². The van der Waals surface area contributed by atoms with Gasteiger partial charge in [0.15, 0.2) is 5.82 Å². The molecule has 2 rings (SSSR count). The molecule has 4 heteroatoms. The molecule has 1 aliphatic carbocycles. The summed E-state index contributed by atoms with van der Waals surface area (Å²) in [6.45, 7) is 5.31. The molecule has 0 radical (unpaired) electrons. The second kappa shape index (κ2) is 5.56. The maximum atomic E-state index is 5.72. The molecule has 1 fully saturated rings. The second-order valence-electron chi connectivity index (χ2n) is 4.47. The molecule has 1 aromatic rings. The third kappa shape index (κ3) is 2.82. The molecule has 1 aromatic heterocycles. The summed E-state index contributed by atoms with van der Waals surface area (Å²) >= 11 is 0. The zero-order valence-corrected chi connectivity index (χ0v) is 10.6. The summed E-state index contributed by atoms with van der Waals surface area (Å²) in [4.78, 5) is 9.07. The smallest absolute Gasteiger partial charge is 0.157 e. The molecule has 0 saturated heterocycles. The predicted molar refractivity (Wildman–Crippen MR) is 66.6 cm³/mol. The lowest BCUT2D eigenvalue weighted by atomic mass is 10.1. The highest BCUT2D eigenvalue weighted by Crippen LogP contribution is 2.40. The van der Waals surface area contributed by atoms with Crippen molar-refractivity contribution in [3.63, 3.8) is 0 Å². The average molecular weight is 235 g/mol. The number of nitrogens with zero attached hydrogens (tertiary/aromatic N) is 2. The Labute approximate surface area is 103 Å². The zero-order valence-electron chi connectivity index (χ0n) is 10.6. The molecule has 1 atom stereocenters. The molecule has 1 saturated carbocycles. The van der Waals surface area contributed by atoms with Crippen LogP contribution < -0.4 is 5.73 Å². The minimum Gasteiger partial charge on any atom is -0.371 e. The van der Waals surface area contributed by atoms with Crippen molar-refractivity contribution in [2.45, 2.75) is 51.7 Å². The first-order valence-electron chi connectivity index (χ1n) is 6.47. The van der Waals surface area contributed by atoms with Gasteiger partial charge < -0.3 is 10.5 Å². The van der Waals surface area contributed by atoms with E-state index in [1.165, 1.54) is 12.8 Å². The first-order chi connectivity index (χ1) is 8.30. The summed E-state index contributed by atoms with van der Waals surface area (Å²) in [5, 5.41) is 0. The van der Waals surface area contributed by atoms with E-state index in [9.17, 15) is 0 Å². The SMILES string of the molecule is CCOC(CC)c1ncc(CN)c(C2CC2)n1. The molecule has 0 bridgehead atoms. The molecular formula is C13H21N3O. The minimum atomic E-state index is 0.0179. The highest BCUT2D eigenvalue weighted by atomic mass is 16.5. The molecular weight excluding hydrogens is 214 g/mol. The van der Waals surface area contributed by atoms with E-state index in [0.29, 0.717) is 19.1 Å². The molecule has 17 heavy (non-hydrogen) atoms. The van der Waals surface area contributed by atoms with E-state index < -0.39 is 0 Å². The number of aromatic nitrogens is 2. The van der Waals surface area contributed by atoms with Crippen LogP contribution in [0.15, 0.2) is 6.20 Å². The Morgan fingerprint density at radius 1 is 1.47 bits per heavy atom. The van der Waals surface area contributed by atoms with E-state index in [4.69, 9.17) is 10.5 Å². The van der Waals surface area contributed by atoms with Gasteiger partial charge in [-0.2, -0.15) is 0 Å². The Balaban J connectivity index is 2.25.